The summed E-state index contributed by atoms with van der Waals surface area (Å²) < 4.78 is 27.2. The zero-order chi connectivity index (χ0) is 21.2. The molecule has 1 amide bonds. The van der Waals surface area contributed by atoms with Gasteiger partial charge in [0.1, 0.15) is 0 Å². The first-order valence-electron chi connectivity index (χ1n) is 8.92. The molecule has 3 aromatic rings. The summed E-state index contributed by atoms with van der Waals surface area (Å²) in [6, 6.07) is 18.3. The molecule has 150 valence electrons. The van der Waals surface area contributed by atoms with E-state index in [4.69, 9.17) is 11.6 Å². The van der Waals surface area contributed by atoms with Gasteiger partial charge in [-0.15, -0.1) is 0 Å². The number of carbonyl (C=O) groups excluding carboxylic acids is 1. The van der Waals surface area contributed by atoms with Crippen LogP contribution in [0.4, 0.5) is 11.4 Å². The largest absolute Gasteiger partial charge is 0.322 e. The molecule has 0 heterocycles. The molecule has 0 saturated carbocycles. The van der Waals surface area contributed by atoms with E-state index in [2.05, 4.69) is 5.32 Å². The van der Waals surface area contributed by atoms with Gasteiger partial charge in [-0.05, 0) is 61.9 Å². The monoisotopic (exact) mass is 428 g/mol. The van der Waals surface area contributed by atoms with E-state index in [0.29, 0.717) is 10.7 Å². The van der Waals surface area contributed by atoms with Crippen LogP contribution in [-0.4, -0.2) is 21.4 Å². The number of anilines is 2. The van der Waals surface area contributed by atoms with Crippen LogP contribution in [0, 0.1) is 13.8 Å². The first kappa shape index (κ1) is 20.9. The van der Waals surface area contributed by atoms with E-state index < -0.39 is 15.9 Å². The van der Waals surface area contributed by atoms with E-state index in [-0.39, 0.29) is 16.1 Å². The van der Waals surface area contributed by atoms with Crippen molar-refractivity contribution in [1.82, 2.24) is 0 Å². The van der Waals surface area contributed by atoms with Crippen molar-refractivity contribution in [2.45, 2.75) is 18.7 Å². The maximum absolute atomic E-state index is 13.0. The minimum Gasteiger partial charge on any atom is -0.322 e. The van der Waals surface area contributed by atoms with Gasteiger partial charge in [0.15, 0.2) is 0 Å². The predicted octanol–water partition coefficient (Wildman–Crippen LogP) is 5.03. The molecule has 0 saturated heterocycles. The lowest BCUT2D eigenvalue weighted by Gasteiger charge is -2.22. The second-order valence-corrected chi connectivity index (χ2v) is 9.12. The van der Waals surface area contributed by atoms with Crippen LogP contribution in [0.3, 0.4) is 0 Å². The number of para-hydroxylation sites is 1. The average Bonchev–Trinajstić information content (AvgIpc) is 2.69. The summed E-state index contributed by atoms with van der Waals surface area (Å²) in [6.45, 7) is 3.72. The van der Waals surface area contributed by atoms with Gasteiger partial charge in [-0.25, -0.2) is 8.42 Å². The van der Waals surface area contributed by atoms with Crippen LogP contribution in [0.25, 0.3) is 0 Å². The smallest absolute Gasteiger partial charge is 0.264 e. The molecule has 0 aliphatic heterocycles. The number of nitrogens with zero attached hydrogens (tertiary/aromatic N) is 1. The van der Waals surface area contributed by atoms with Gasteiger partial charge in [0.25, 0.3) is 15.9 Å². The number of halogens is 1. The molecule has 1 N–H and O–H groups in total. The number of carbonyl (C=O) groups is 1. The molecule has 0 unspecified atom stereocenters. The van der Waals surface area contributed by atoms with Gasteiger partial charge in [0.2, 0.25) is 0 Å². The van der Waals surface area contributed by atoms with Gasteiger partial charge in [-0.2, -0.15) is 0 Å². The van der Waals surface area contributed by atoms with E-state index in [1.165, 1.54) is 7.05 Å². The zero-order valence-electron chi connectivity index (χ0n) is 16.3. The summed E-state index contributed by atoms with van der Waals surface area (Å²) >= 11 is 5.97. The van der Waals surface area contributed by atoms with Crippen molar-refractivity contribution < 1.29 is 13.2 Å². The number of hydrogen-bond acceptors (Lipinski definition) is 3. The highest BCUT2D eigenvalue weighted by Gasteiger charge is 2.25. The maximum atomic E-state index is 13.0. The zero-order valence-corrected chi connectivity index (χ0v) is 17.9. The standard InChI is InChI=1S/C22H21ClN2O3S/c1-15-8-11-18(12-9-15)29(27,28)25(3)21-7-5-4-6-19(21)22(26)24-20-13-10-17(23)14-16(20)2/h4-14H,1-3H3,(H,24,26). The van der Waals surface area contributed by atoms with Crippen molar-refractivity contribution in [3.63, 3.8) is 0 Å². The van der Waals surface area contributed by atoms with E-state index >= 15 is 0 Å². The molecular weight excluding hydrogens is 408 g/mol. The number of nitrogens with one attached hydrogen (secondary N) is 1. The molecule has 0 fully saturated rings. The quantitative estimate of drug-likeness (QED) is 0.619. The van der Waals surface area contributed by atoms with Crippen LogP contribution in [0.1, 0.15) is 21.5 Å². The SMILES string of the molecule is Cc1ccc(S(=O)(=O)N(C)c2ccccc2C(=O)Nc2ccc(Cl)cc2C)cc1. The summed E-state index contributed by atoms with van der Waals surface area (Å²) in [5.74, 6) is -0.406. The maximum Gasteiger partial charge on any atom is 0.264 e. The number of amides is 1. The van der Waals surface area contributed by atoms with Gasteiger partial charge in [0, 0.05) is 17.8 Å². The van der Waals surface area contributed by atoms with E-state index in [1.54, 1.807) is 66.7 Å². The summed E-state index contributed by atoms with van der Waals surface area (Å²) in [5, 5.41) is 3.40. The fraction of sp³-hybridized carbons (Fsp3) is 0.136. The minimum absolute atomic E-state index is 0.161. The lowest BCUT2D eigenvalue weighted by molar-refractivity contribution is 0.102. The molecule has 5 nitrogen and oxygen atoms in total. The molecule has 3 aromatic carbocycles. The number of rotatable bonds is 5. The van der Waals surface area contributed by atoms with Crippen LogP contribution in [0.2, 0.25) is 5.02 Å². The molecular formula is C22H21ClN2O3S. The fourth-order valence-corrected chi connectivity index (χ4v) is 4.34. The number of benzene rings is 3. The van der Waals surface area contributed by atoms with Gasteiger partial charge in [0.05, 0.1) is 16.1 Å². The molecule has 29 heavy (non-hydrogen) atoms. The third kappa shape index (κ3) is 4.44. The van der Waals surface area contributed by atoms with Crippen LogP contribution in [0.5, 0.6) is 0 Å². The van der Waals surface area contributed by atoms with Crippen LogP contribution in [0.15, 0.2) is 71.6 Å². The third-order valence-corrected chi connectivity index (χ3v) is 6.62. The summed E-state index contributed by atoms with van der Waals surface area (Å²) in [4.78, 5) is 13.1. The van der Waals surface area contributed by atoms with Crippen LogP contribution >= 0.6 is 11.6 Å². The Morgan fingerprint density at radius 1 is 0.966 bits per heavy atom. The second kappa shape index (κ2) is 8.27. The molecule has 0 bridgehead atoms. The molecule has 7 heteroatoms. The molecule has 0 aromatic heterocycles. The van der Waals surface area contributed by atoms with Crippen LogP contribution in [-0.2, 0) is 10.0 Å². The Kier molecular flexibility index (Phi) is 5.96. The Balaban J connectivity index is 1.95. The van der Waals surface area contributed by atoms with Crippen LogP contribution < -0.4 is 9.62 Å². The van der Waals surface area contributed by atoms with Crippen molar-refractivity contribution >= 4 is 38.9 Å². The number of hydrogen-bond donors (Lipinski definition) is 1. The molecule has 3 rings (SSSR count). The molecule has 0 aliphatic rings. The molecule has 0 radical (unpaired) electrons. The Morgan fingerprint density at radius 2 is 1.62 bits per heavy atom. The fourth-order valence-electron chi connectivity index (χ4n) is 2.90. The Hall–Kier alpha value is -2.83. The van der Waals surface area contributed by atoms with Crippen molar-refractivity contribution in [2.75, 3.05) is 16.7 Å². The number of aryl methyl sites for hydroxylation is 2. The van der Waals surface area contributed by atoms with Gasteiger partial charge in [-0.3, -0.25) is 9.10 Å². The molecule has 0 aliphatic carbocycles. The highest BCUT2D eigenvalue weighted by atomic mass is 35.5. The molecule has 0 atom stereocenters. The van der Waals surface area contributed by atoms with Crippen molar-refractivity contribution in [3.05, 3.63) is 88.4 Å². The predicted molar refractivity (Wildman–Crippen MR) is 117 cm³/mol. The Morgan fingerprint density at radius 3 is 2.28 bits per heavy atom. The first-order valence-corrected chi connectivity index (χ1v) is 10.7. The number of sulfonamides is 1. The van der Waals surface area contributed by atoms with Gasteiger partial charge < -0.3 is 5.32 Å². The third-order valence-electron chi connectivity index (χ3n) is 4.60. The van der Waals surface area contributed by atoms with Gasteiger partial charge in [-0.1, -0.05) is 41.4 Å². The normalized spacial score (nSPS) is 11.2. The van der Waals surface area contributed by atoms with E-state index in [9.17, 15) is 13.2 Å². The average molecular weight is 429 g/mol. The van der Waals surface area contributed by atoms with Gasteiger partial charge >= 0.3 is 0 Å². The highest BCUT2D eigenvalue weighted by molar-refractivity contribution is 7.92. The topological polar surface area (TPSA) is 66.5 Å². The minimum atomic E-state index is -3.82. The van der Waals surface area contributed by atoms with E-state index in [0.717, 1.165) is 15.4 Å². The van der Waals surface area contributed by atoms with E-state index in [1.807, 2.05) is 13.8 Å². The van der Waals surface area contributed by atoms with Crippen molar-refractivity contribution in [2.24, 2.45) is 0 Å². The summed E-state index contributed by atoms with van der Waals surface area (Å²) in [7, 11) is -2.38. The lowest BCUT2D eigenvalue weighted by Crippen LogP contribution is -2.29. The molecule has 0 spiro atoms. The van der Waals surface area contributed by atoms with Crippen molar-refractivity contribution in [3.8, 4) is 0 Å². The highest BCUT2D eigenvalue weighted by Crippen LogP contribution is 2.27. The van der Waals surface area contributed by atoms with Crippen molar-refractivity contribution in [1.29, 1.82) is 0 Å². The Bertz CT molecular complexity index is 1160. The second-order valence-electron chi connectivity index (χ2n) is 6.72. The Labute approximate surface area is 176 Å². The summed E-state index contributed by atoms with van der Waals surface area (Å²) in [5.41, 5.74) is 2.92. The first-order chi connectivity index (χ1) is 13.7. The summed E-state index contributed by atoms with van der Waals surface area (Å²) in [6.07, 6.45) is 0. The lowest BCUT2D eigenvalue weighted by atomic mass is 10.1.